The van der Waals surface area contributed by atoms with Gasteiger partial charge < -0.3 is 10.3 Å². The molecule has 1 aromatic carbocycles. The van der Waals surface area contributed by atoms with Crippen LogP contribution in [0.1, 0.15) is 26.2 Å². The molecule has 0 aliphatic rings. The molecule has 0 bridgehead atoms. The Hall–Kier alpha value is -4.30. The number of rotatable bonds is 7. The van der Waals surface area contributed by atoms with Crippen molar-refractivity contribution in [3.8, 4) is 33.1 Å². The number of unbranched alkanes of at least 4 members (excludes halogenated alkanes) is 1. The van der Waals surface area contributed by atoms with Crippen LogP contribution in [-0.2, 0) is 4.79 Å². The number of aromatic nitrogens is 5. The fraction of sp³-hybridized carbons (Fsp3) is 0.143. The smallest absolute Gasteiger partial charge is 0.224 e. The SMILES string of the molecule is CCCCC(=O)Nc1cncc(-c2ccc3[nH]nc(-c4cc5c(-c6cccs6)cccc5[nH]4)c3n2)c1. The van der Waals surface area contributed by atoms with E-state index in [-0.39, 0.29) is 5.91 Å². The predicted octanol–water partition coefficient (Wildman–Crippen LogP) is 7.03. The minimum absolute atomic E-state index is 0.00272. The number of aromatic amines is 2. The van der Waals surface area contributed by atoms with Crippen LogP contribution >= 0.6 is 11.3 Å². The van der Waals surface area contributed by atoms with Crippen molar-refractivity contribution < 1.29 is 4.79 Å². The Morgan fingerprint density at radius 2 is 2.00 bits per heavy atom. The van der Waals surface area contributed by atoms with E-state index in [2.05, 4.69) is 74.2 Å². The largest absolute Gasteiger partial charge is 0.353 e. The van der Waals surface area contributed by atoms with Crippen LogP contribution in [0.25, 0.3) is 55.0 Å². The van der Waals surface area contributed by atoms with Crippen molar-refractivity contribution >= 4 is 44.9 Å². The topological polar surface area (TPSA) is 99.4 Å². The van der Waals surface area contributed by atoms with E-state index < -0.39 is 0 Å². The lowest BCUT2D eigenvalue weighted by Gasteiger charge is -2.07. The molecule has 178 valence electrons. The summed E-state index contributed by atoms with van der Waals surface area (Å²) < 4.78 is 0. The van der Waals surface area contributed by atoms with Crippen LogP contribution in [-0.4, -0.2) is 31.1 Å². The molecule has 5 aromatic heterocycles. The molecule has 7 nitrogen and oxygen atoms in total. The molecule has 0 aliphatic heterocycles. The highest BCUT2D eigenvalue weighted by atomic mass is 32.1. The van der Waals surface area contributed by atoms with Gasteiger partial charge in [-0.1, -0.05) is 31.5 Å². The second-order valence-electron chi connectivity index (χ2n) is 8.71. The van der Waals surface area contributed by atoms with Crippen molar-refractivity contribution in [1.82, 2.24) is 25.1 Å². The minimum Gasteiger partial charge on any atom is -0.353 e. The third-order valence-electron chi connectivity index (χ3n) is 6.19. The molecule has 36 heavy (non-hydrogen) atoms. The number of thiophene rings is 1. The van der Waals surface area contributed by atoms with Crippen molar-refractivity contribution in [1.29, 1.82) is 0 Å². The molecule has 0 aliphatic carbocycles. The second-order valence-corrected chi connectivity index (χ2v) is 9.65. The normalized spacial score (nSPS) is 11.4. The minimum atomic E-state index is -0.00272. The van der Waals surface area contributed by atoms with Crippen molar-refractivity contribution in [2.24, 2.45) is 0 Å². The zero-order valence-electron chi connectivity index (χ0n) is 19.7. The number of benzene rings is 1. The van der Waals surface area contributed by atoms with Gasteiger partial charge in [0.1, 0.15) is 11.2 Å². The number of hydrogen-bond donors (Lipinski definition) is 3. The molecule has 0 saturated carbocycles. The number of fused-ring (bicyclic) bond motifs is 2. The van der Waals surface area contributed by atoms with Crippen LogP contribution < -0.4 is 5.32 Å². The first-order chi connectivity index (χ1) is 17.7. The number of anilines is 1. The molecule has 0 spiro atoms. The molecule has 6 aromatic rings. The van der Waals surface area contributed by atoms with Crippen molar-refractivity contribution in [3.63, 3.8) is 0 Å². The van der Waals surface area contributed by atoms with Crippen molar-refractivity contribution in [2.45, 2.75) is 26.2 Å². The van der Waals surface area contributed by atoms with Gasteiger partial charge in [0.25, 0.3) is 0 Å². The van der Waals surface area contributed by atoms with Crippen LogP contribution in [0.3, 0.4) is 0 Å². The van der Waals surface area contributed by atoms with Crippen molar-refractivity contribution in [3.05, 3.63) is 72.4 Å². The summed E-state index contributed by atoms with van der Waals surface area (Å²) in [5.41, 5.74) is 7.79. The predicted molar refractivity (Wildman–Crippen MR) is 146 cm³/mol. The first-order valence-electron chi connectivity index (χ1n) is 12.0. The Balaban J connectivity index is 1.37. The lowest BCUT2D eigenvalue weighted by molar-refractivity contribution is -0.116. The highest BCUT2D eigenvalue weighted by Gasteiger charge is 2.16. The number of nitrogens with one attached hydrogen (secondary N) is 3. The molecule has 8 heteroatoms. The number of pyridine rings is 2. The number of amides is 1. The number of nitrogens with zero attached hydrogens (tertiary/aromatic N) is 3. The summed E-state index contributed by atoms with van der Waals surface area (Å²) in [7, 11) is 0. The quantitative estimate of drug-likeness (QED) is 0.223. The Bertz CT molecular complexity index is 1680. The molecule has 0 fully saturated rings. The van der Waals surface area contributed by atoms with Gasteiger partial charge in [0.2, 0.25) is 5.91 Å². The van der Waals surface area contributed by atoms with Gasteiger partial charge in [-0.05, 0) is 48.2 Å². The van der Waals surface area contributed by atoms with E-state index in [1.54, 1.807) is 23.7 Å². The molecule has 3 N–H and O–H groups in total. The van der Waals surface area contributed by atoms with E-state index in [9.17, 15) is 4.79 Å². The third kappa shape index (κ3) is 4.16. The summed E-state index contributed by atoms with van der Waals surface area (Å²) >= 11 is 1.73. The van der Waals surface area contributed by atoms with Gasteiger partial charge in [-0.25, -0.2) is 4.98 Å². The van der Waals surface area contributed by atoms with Crippen LogP contribution in [0.5, 0.6) is 0 Å². The van der Waals surface area contributed by atoms with Gasteiger partial charge in [0.05, 0.1) is 28.8 Å². The van der Waals surface area contributed by atoms with Crippen LogP contribution in [0.15, 0.2) is 72.4 Å². The summed E-state index contributed by atoms with van der Waals surface area (Å²) in [5.74, 6) is -0.00272. The molecule has 0 unspecified atom stereocenters. The lowest BCUT2D eigenvalue weighted by atomic mass is 10.1. The maximum Gasteiger partial charge on any atom is 0.224 e. The highest BCUT2D eigenvalue weighted by Crippen LogP contribution is 2.35. The van der Waals surface area contributed by atoms with Crippen molar-refractivity contribution in [2.75, 3.05) is 5.32 Å². The molecular weight excluding hydrogens is 468 g/mol. The van der Waals surface area contributed by atoms with E-state index >= 15 is 0 Å². The maximum atomic E-state index is 12.2. The fourth-order valence-electron chi connectivity index (χ4n) is 4.39. The van der Waals surface area contributed by atoms with E-state index in [1.165, 1.54) is 10.4 Å². The van der Waals surface area contributed by atoms with Crippen LogP contribution in [0.2, 0.25) is 0 Å². The summed E-state index contributed by atoms with van der Waals surface area (Å²) in [6.45, 7) is 2.07. The first kappa shape index (κ1) is 22.2. The van der Waals surface area contributed by atoms with Gasteiger partial charge in [0, 0.05) is 39.5 Å². The van der Waals surface area contributed by atoms with Gasteiger partial charge in [-0.15, -0.1) is 11.3 Å². The molecule has 6 rings (SSSR count). The molecular formula is C28H24N6OS. The first-order valence-corrected chi connectivity index (χ1v) is 12.8. The molecule has 5 heterocycles. The molecule has 0 saturated heterocycles. The average molecular weight is 493 g/mol. The van der Waals surface area contributed by atoms with E-state index in [1.807, 2.05) is 18.2 Å². The Kier molecular flexibility index (Phi) is 5.79. The summed E-state index contributed by atoms with van der Waals surface area (Å²) in [5, 5.41) is 13.9. The summed E-state index contributed by atoms with van der Waals surface area (Å²) in [6.07, 6.45) is 5.76. The molecule has 0 radical (unpaired) electrons. The number of carbonyl (C=O) groups excluding carboxylic acids is 1. The zero-order valence-corrected chi connectivity index (χ0v) is 20.5. The zero-order chi connectivity index (χ0) is 24.5. The van der Waals surface area contributed by atoms with Crippen LogP contribution in [0.4, 0.5) is 5.69 Å². The maximum absolute atomic E-state index is 12.2. The Morgan fingerprint density at radius 3 is 2.86 bits per heavy atom. The third-order valence-corrected chi connectivity index (χ3v) is 7.09. The Morgan fingerprint density at radius 1 is 1.06 bits per heavy atom. The monoisotopic (exact) mass is 492 g/mol. The second kappa shape index (κ2) is 9.39. The summed E-state index contributed by atoms with van der Waals surface area (Å²) in [6, 6.07) is 18.4. The fourth-order valence-corrected chi connectivity index (χ4v) is 5.15. The number of carbonyl (C=O) groups is 1. The van der Waals surface area contributed by atoms with Gasteiger partial charge in [0.15, 0.2) is 0 Å². The van der Waals surface area contributed by atoms with E-state index in [4.69, 9.17) is 4.98 Å². The molecule has 1 amide bonds. The van der Waals surface area contributed by atoms with Gasteiger partial charge in [-0.2, -0.15) is 5.10 Å². The molecule has 0 atom stereocenters. The lowest BCUT2D eigenvalue weighted by Crippen LogP contribution is -2.11. The average Bonchev–Trinajstić information content (AvgIpc) is 3.66. The van der Waals surface area contributed by atoms with E-state index in [0.717, 1.165) is 57.4 Å². The van der Waals surface area contributed by atoms with Gasteiger partial charge >= 0.3 is 0 Å². The standard InChI is InChI=1S/C28H24N6OS/c1-2-3-9-26(35)30-18-13-17(15-29-16-18)21-10-11-23-27(32-21)28(34-33-23)24-14-20-19(25-8-5-12-36-25)6-4-7-22(20)31-24/h4-8,10-16,31H,2-3,9H2,1H3,(H,30,35)(H,33,34). The highest BCUT2D eigenvalue weighted by molar-refractivity contribution is 7.13. The van der Waals surface area contributed by atoms with Gasteiger partial charge in [-0.3, -0.25) is 14.9 Å². The number of H-pyrrole nitrogens is 2. The summed E-state index contributed by atoms with van der Waals surface area (Å²) in [4.78, 5) is 26.2. The number of hydrogen-bond acceptors (Lipinski definition) is 5. The van der Waals surface area contributed by atoms with Crippen LogP contribution in [0, 0.1) is 0 Å². The Labute approximate surface area is 211 Å². The van der Waals surface area contributed by atoms with E-state index in [0.29, 0.717) is 12.1 Å².